The first-order valence-corrected chi connectivity index (χ1v) is 3.62. The van der Waals surface area contributed by atoms with Gasteiger partial charge in [-0.2, -0.15) is 0 Å². The Hall–Kier alpha value is -1.65. The molecule has 0 fully saturated rings. The Kier molecular flexibility index (Phi) is 3.01. The average molecular weight is 202 g/mol. The number of alkyl halides is 2. The molecular weight excluding hydrogens is 197 g/mol. The second-order valence-electron chi connectivity index (χ2n) is 2.55. The first-order valence-electron chi connectivity index (χ1n) is 3.62. The molecule has 1 aromatic rings. The van der Waals surface area contributed by atoms with Gasteiger partial charge in [-0.25, -0.2) is 13.2 Å². The van der Waals surface area contributed by atoms with E-state index in [0.29, 0.717) is 0 Å². The Morgan fingerprint density at radius 1 is 1.07 bits per heavy atom. The highest BCUT2D eigenvalue weighted by Gasteiger charge is 2.14. The summed E-state index contributed by atoms with van der Waals surface area (Å²) in [5, 5.41) is 0. The lowest BCUT2D eigenvalue weighted by molar-refractivity contribution is 0.111. The second kappa shape index (κ2) is 4.04. The van der Waals surface area contributed by atoms with Gasteiger partial charge in [0.2, 0.25) is 0 Å². The van der Waals surface area contributed by atoms with Crippen molar-refractivity contribution in [2.24, 2.45) is 0 Å². The van der Waals surface area contributed by atoms with E-state index >= 15 is 0 Å². The van der Waals surface area contributed by atoms with Crippen LogP contribution < -0.4 is 0 Å². The van der Waals surface area contributed by atoms with Gasteiger partial charge in [-0.05, 0) is 12.1 Å². The summed E-state index contributed by atoms with van der Waals surface area (Å²) < 4.78 is 37.4. The van der Waals surface area contributed by atoms with Crippen LogP contribution in [0.15, 0.2) is 12.1 Å². The Morgan fingerprint density at radius 2 is 1.50 bits per heavy atom. The maximum atomic E-state index is 13.0. The fraction of sp³-hybridized carbons (Fsp3) is 0.111. The van der Waals surface area contributed by atoms with Gasteiger partial charge in [-0.3, -0.25) is 9.59 Å². The zero-order valence-corrected chi connectivity index (χ0v) is 6.84. The summed E-state index contributed by atoms with van der Waals surface area (Å²) in [5.74, 6) is -1.07. The van der Waals surface area contributed by atoms with Gasteiger partial charge in [-0.15, -0.1) is 0 Å². The highest BCUT2D eigenvalue weighted by atomic mass is 19.3. The topological polar surface area (TPSA) is 34.1 Å². The number of carbonyl (C=O) groups is 2. The highest BCUT2D eigenvalue weighted by Crippen LogP contribution is 2.22. The van der Waals surface area contributed by atoms with Crippen molar-refractivity contribution in [1.29, 1.82) is 0 Å². The molecular formula is C9H5F3O2. The van der Waals surface area contributed by atoms with Crippen molar-refractivity contribution in [2.45, 2.75) is 6.43 Å². The van der Waals surface area contributed by atoms with Crippen molar-refractivity contribution >= 4 is 12.6 Å². The maximum absolute atomic E-state index is 13.0. The quantitative estimate of drug-likeness (QED) is 0.705. The summed E-state index contributed by atoms with van der Waals surface area (Å²) in [6.07, 6.45) is -2.66. The second-order valence-corrected chi connectivity index (χ2v) is 2.55. The summed E-state index contributed by atoms with van der Waals surface area (Å²) in [7, 11) is 0. The van der Waals surface area contributed by atoms with Crippen molar-refractivity contribution in [2.75, 3.05) is 0 Å². The Bertz CT molecular complexity index is 345. The summed E-state index contributed by atoms with van der Waals surface area (Å²) in [6, 6.07) is 1.44. The molecule has 2 nitrogen and oxygen atoms in total. The number of benzene rings is 1. The molecule has 0 spiro atoms. The monoisotopic (exact) mass is 202 g/mol. The van der Waals surface area contributed by atoms with Crippen LogP contribution in [-0.2, 0) is 0 Å². The molecule has 1 aromatic carbocycles. The molecule has 0 heterocycles. The Morgan fingerprint density at radius 3 is 1.79 bits per heavy atom. The molecule has 0 amide bonds. The summed E-state index contributed by atoms with van der Waals surface area (Å²) in [5.41, 5.74) is -1.62. The van der Waals surface area contributed by atoms with Gasteiger partial charge >= 0.3 is 0 Å². The normalized spacial score (nSPS) is 10.3. The van der Waals surface area contributed by atoms with Crippen LogP contribution in [0.4, 0.5) is 13.2 Å². The van der Waals surface area contributed by atoms with E-state index in [4.69, 9.17) is 0 Å². The predicted octanol–water partition coefficient (Wildman–Crippen LogP) is 2.39. The van der Waals surface area contributed by atoms with E-state index in [0.717, 1.165) is 12.1 Å². The molecule has 0 radical (unpaired) electrons. The van der Waals surface area contributed by atoms with E-state index in [1.165, 1.54) is 0 Å². The number of rotatable bonds is 3. The predicted molar refractivity (Wildman–Crippen MR) is 42.1 cm³/mol. The number of halogens is 3. The average Bonchev–Trinajstić information content (AvgIpc) is 2.17. The summed E-state index contributed by atoms with van der Waals surface area (Å²) in [4.78, 5) is 20.5. The maximum Gasteiger partial charge on any atom is 0.263 e. The van der Waals surface area contributed by atoms with E-state index < -0.39 is 28.9 Å². The minimum Gasteiger partial charge on any atom is -0.298 e. The first-order chi connectivity index (χ1) is 6.60. The molecule has 0 aliphatic carbocycles. The van der Waals surface area contributed by atoms with Crippen LogP contribution in [0.25, 0.3) is 0 Å². The zero-order chi connectivity index (χ0) is 10.7. The van der Waals surface area contributed by atoms with Crippen LogP contribution in [0.1, 0.15) is 32.7 Å². The van der Waals surface area contributed by atoms with Crippen molar-refractivity contribution in [1.82, 2.24) is 0 Å². The van der Waals surface area contributed by atoms with Gasteiger partial charge in [0.15, 0.2) is 12.6 Å². The van der Waals surface area contributed by atoms with Gasteiger partial charge in [0.25, 0.3) is 6.43 Å². The molecule has 0 aliphatic rings. The van der Waals surface area contributed by atoms with Gasteiger partial charge in [-0.1, -0.05) is 0 Å². The fourth-order valence-corrected chi connectivity index (χ4v) is 0.992. The summed E-state index contributed by atoms with van der Waals surface area (Å²) >= 11 is 0. The van der Waals surface area contributed by atoms with Gasteiger partial charge in [0, 0.05) is 5.56 Å². The van der Waals surface area contributed by atoms with Gasteiger partial charge in [0.05, 0.1) is 11.1 Å². The van der Waals surface area contributed by atoms with Crippen LogP contribution in [-0.4, -0.2) is 12.6 Å². The SMILES string of the molecule is O=Cc1cc(C(F)F)cc(C=O)c1F. The Labute approximate surface area is 77.3 Å². The first kappa shape index (κ1) is 10.4. The van der Waals surface area contributed by atoms with Gasteiger partial charge in [0.1, 0.15) is 5.82 Å². The van der Waals surface area contributed by atoms with Crippen LogP contribution in [0.2, 0.25) is 0 Å². The number of hydrogen-bond acceptors (Lipinski definition) is 2. The molecule has 1 rings (SSSR count). The van der Waals surface area contributed by atoms with Crippen LogP contribution >= 0.6 is 0 Å². The van der Waals surface area contributed by atoms with Crippen LogP contribution in [0.5, 0.6) is 0 Å². The van der Waals surface area contributed by atoms with Crippen molar-refractivity contribution in [3.05, 3.63) is 34.6 Å². The zero-order valence-electron chi connectivity index (χ0n) is 6.84. The molecule has 0 bridgehead atoms. The molecule has 74 valence electrons. The standard InChI is InChI=1S/C9H5F3O2/c10-8-6(3-13)1-5(9(11)12)2-7(8)4-14/h1-4,9H. The van der Waals surface area contributed by atoms with Crippen molar-refractivity contribution in [3.8, 4) is 0 Å². The smallest absolute Gasteiger partial charge is 0.263 e. The minimum absolute atomic E-state index is 0.0915. The van der Waals surface area contributed by atoms with E-state index in [1.54, 1.807) is 0 Å². The number of aldehydes is 2. The largest absolute Gasteiger partial charge is 0.298 e. The molecule has 0 saturated heterocycles. The molecule has 0 aromatic heterocycles. The highest BCUT2D eigenvalue weighted by molar-refractivity contribution is 5.83. The molecule has 5 heteroatoms. The third-order valence-corrected chi connectivity index (χ3v) is 1.66. The summed E-state index contributed by atoms with van der Waals surface area (Å²) in [6.45, 7) is 0. The van der Waals surface area contributed by atoms with E-state index in [9.17, 15) is 22.8 Å². The molecule has 0 atom stereocenters. The van der Waals surface area contributed by atoms with Crippen LogP contribution in [0.3, 0.4) is 0 Å². The van der Waals surface area contributed by atoms with E-state index in [1.807, 2.05) is 0 Å². The Balaban J connectivity index is 3.39. The van der Waals surface area contributed by atoms with Crippen molar-refractivity contribution in [3.63, 3.8) is 0 Å². The minimum atomic E-state index is -2.84. The van der Waals surface area contributed by atoms with E-state index in [2.05, 4.69) is 0 Å². The molecule has 14 heavy (non-hydrogen) atoms. The number of carbonyl (C=O) groups excluding carboxylic acids is 2. The lowest BCUT2D eigenvalue weighted by atomic mass is 10.1. The van der Waals surface area contributed by atoms with Crippen LogP contribution in [0, 0.1) is 5.82 Å². The lowest BCUT2D eigenvalue weighted by Gasteiger charge is -2.03. The van der Waals surface area contributed by atoms with E-state index in [-0.39, 0.29) is 12.6 Å². The third-order valence-electron chi connectivity index (χ3n) is 1.66. The molecule has 0 aliphatic heterocycles. The molecule has 0 unspecified atom stereocenters. The third kappa shape index (κ3) is 1.81. The fourth-order valence-electron chi connectivity index (χ4n) is 0.992. The van der Waals surface area contributed by atoms with Crippen molar-refractivity contribution < 1.29 is 22.8 Å². The number of hydrogen-bond donors (Lipinski definition) is 0. The van der Waals surface area contributed by atoms with Gasteiger partial charge < -0.3 is 0 Å². The molecule has 0 N–H and O–H groups in total. The lowest BCUT2D eigenvalue weighted by Crippen LogP contribution is -1.98. The molecule has 0 saturated carbocycles.